The average molecular weight is 198 g/mol. The van der Waals surface area contributed by atoms with Crippen molar-refractivity contribution in [2.75, 3.05) is 11.5 Å². The van der Waals surface area contributed by atoms with E-state index in [4.69, 9.17) is 11.5 Å². The molecule has 0 aliphatic rings. The number of H-pyrrole nitrogens is 1. The predicted octanol–water partition coefficient (Wildman–Crippen LogP) is 1.88. The number of nitrogens with one attached hydrogen (secondary N) is 1. The van der Waals surface area contributed by atoms with Crippen LogP contribution in [0.2, 0.25) is 0 Å². The Hall–Kier alpha value is -2.23. The van der Waals surface area contributed by atoms with Crippen LogP contribution in [0, 0.1) is 0 Å². The standard InChI is InChI=1S/C11H10N4/c12-7-1-2-8-10(11(7)13)6-3-4-14-5-9(6)15-8/h1-5,15H,12-13H2. The first kappa shape index (κ1) is 8.11. The van der Waals surface area contributed by atoms with Gasteiger partial charge < -0.3 is 16.5 Å². The van der Waals surface area contributed by atoms with Gasteiger partial charge in [-0.1, -0.05) is 0 Å². The van der Waals surface area contributed by atoms with Gasteiger partial charge in [0.15, 0.2) is 0 Å². The maximum Gasteiger partial charge on any atom is 0.0652 e. The van der Waals surface area contributed by atoms with E-state index in [1.807, 2.05) is 12.1 Å². The summed E-state index contributed by atoms with van der Waals surface area (Å²) in [4.78, 5) is 7.30. The molecule has 5 N–H and O–H groups in total. The van der Waals surface area contributed by atoms with Gasteiger partial charge in [0.2, 0.25) is 0 Å². The number of anilines is 2. The zero-order valence-electron chi connectivity index (χ0n) is 7.99. The molecule has 0 unspecified atom stereocenters. The molecule has 0 spiro atoms. The zero-order chi connectivity index (χ0) is 10.4. The van der Waals surface area contributed by atoms with Crippen molar-refractivity contribution in [3.05, 3.63) is 30.6 Å². The number of nitrogens with two attached hydrogens (primary N) is 2. The van der Waals surface area contributed by atoms with Gasteiger partial charge in [0, 0.05) is 22.5 Å². The number of aromatic nitrogens is 2. The second kappa shape index (κ2) is 2.63. The van der Waals surface area contributed by atoms with Crippen LogP contribution in [-0.4, -0.2) is 9.97 Å². The summed E-state index contributed by atoms with van der Waals surface area (Å²) in [6.45, 7) is 0. The number of benzene rings is 1. The Morgan fingerprint density at radius 2 is 1.93 bits per heavy atom. The number of hydrogen-bond acceptors (Lipinski definition) is 3. The smallest absolute Gasteiger partial charge is 0.0652 e. The fraction of sp³-hybridized carbons (Fsp3) is 0. The fourth-order valence-electron chi connectivity index (χ4n) is 1.89. The summed E-state index contributed by atoms with van der Waals surface area (Å²) in [6.07, 6.45) is 3.53. The maximum absolute atomic E-state index is 5.96. The van der Waals surface area contributed by atoms with Crippen molar-refractivity contribution in [3.63, 3.8) is 0 Å². The number of rotatable bonds is 0. The molecular formula is C11H10N4. The van der Waals surface area contributed by atoms with Gasteiger partial charge in [-0.2, -0.15) is 0 Å². The van der Waals surface area contributed by atoms with Gasteiger partial charge >= 0.3 is 0 Å². The number of nitrogen functional groups attached to an aromatic ring is 2. The molecule has 4 nitrogen and oxygen atoms in total. The van der Waals surface area contributed by atoms with Crippen molar-refractivity contribution in [2.45, 2.75) is 0 Å². The van der Waals surface area contributed by atoms with Gasteiger partial charge in [-0.3, -0.25) is 4.98 Å². The van der Waals surface area contributed by atoms with E-state index in [1.54, 1.807) is 18.5 Å². The van der Waals surface area contributed by atoms with Crippen LogP contribution in [0.4, 0.5) is 11.4 Å². The maximum atomic E-state index is 5.96. The summed E-state index contributed by atoms with van der Waals surface area (Å²) in [5, 5.41) is 2.04. The van der Waals surface area contributed by atoms with Crippen molar-refractivity contribution in [1.82, 2.24) is 9.97 Å². The average Bonchev–Trinajstić information content (AvgIpc) is 2.62. The van der Waals surface area contributed by atoms with E-state index in [-0.39, 0.29) is 0 Å². The normalized spacial score (nSPS) is 11.2. The van der Waals surface area contributed by atoms with E-state index in [0.717, 1.165) is 21.8 Å². The Kier molecular flexibility index (Phi) is 1.42. The monoisotopic (exact) mass is 198 g/mol. The summed E-state index contributed by atoms with van der Waals surface area (Å²) in [6, 6.07) is 5.67. The predicted molar refractivity (Wildman–Crippen MR) is 62.4 cm³/mol. The van der Waals surface area contributed by atoms with Crippen molar-refractivity contribution in [2.24, 2.45) is 0 Å². The van der Waals surface area contributed by atoms with Crippen molar-refractivity contribution >= 4 is 33.2 Å². The van der Waals surface area contributed by atoms with Crippen LogP contribution in [0.15, 0.2) is 30.6 Å². The lowest BCUT2D eigenvalue weighted by Crippen LogP contribution is -1.94. The highest BCUT2D eigenvalue weighted by Crippen LogP contribution is 2.32. The number of pyridine rings is 1. The minimum absolute atomic E-state index is 0.611. The van der Waals surface area contributed by atoms with E-state index in [9.17, 15) is 0 Å². The first-order valence-corrected chi connectivity index (χ1v) is 4.67. The molecule has 3 rings (SSSR count). The molecule has 2 aromatic heterocycles. The van der Waals surface area contributed by atoms with Crippen LogP contribution in [0.1, 0.15) is 0 Å². The third-order valence-corrected chi connectivity index (χ3v) is 2.64. The second-order valence-corrected chi connectivity index (χ2v) is 3.54. The topological polar surface area (TPSA) is 80.7 Å². The van der Waals surface area contributed by atoms with E-state index >= 15 is 0 Å². The molecule has 0 atom stereocenters. The Bertz CT molecular complexity index is 654. The minimum atomic E-state index is 0.611. The number of fused-ring (bicyclic) bond motifs is 3. The number of hydrogen-bond donors (Lipinski definition) is 3. The van der Waals surface area contributed by atoms with Gasteiger partial charge in [-0.15, -0.1) is 0 Å². The molecule has 2 heterocycles. The van der Waals surface area contributed by atoms with Crippen LogP contribution >= 0.6 is 0 Å². The lowest BCUT2D eigenvalue weighted by Gasteiger charge is -2.00. The number of nitrogens with zero attached hydrogens (tertiary/aromatic N) is 1. The zero-order valence-corrected chi connectivity index (χ0v) is 7.99. The molecule has 15 heavy (non-hydrogen) atoms. The van der Waals surface area contributed by atoms with Gasteiger partial charge in [-0.25, -0.2) is 0 Å². The Labute approximate surface area is 85.9 Å². The quantitative estimate of drug-likeness (QED) is 0.482. The molecule has 3 aromatic rings. The molecule has 1 aromatic carbocycles. The summed E-state index contributed by atoms with van der Waals surface area (Å²) >= 11 is 0. The fourth-order valence-corrected chi connectivity index (χ4v) is 1.89. The van der Waals surface area contributed by atoms with Crippen molar-refractivity contribution in [1.29, 1.82) is 0 Å². The minimum Gasteiger partial charge on any atom is -0.397 e. The lowest BCUT2D eigenvalue weighted by atomic mass is 10.1. The first-order chi connectivity index (χ1) is 7.27. The third-order valence-electron chi connectivity index (χ3n) is 2.64. The molecule has 0 amide bonds. The lowest BCUT2D eigenvalue weighted by molar-refractivity contribution is 1.35. The van der Waals surface area contributed by atoms with E-state index in [0.29, 0.717) is 11.4 Å². The van der Waals surface area contributed by atoms with Gasteiger partial charge in [-0.05, 0) is 18.2 Å². The highest BCUT2D eigenvalue weighted by molar-refractivity contribution is 6.14. The van der Waals surface area contributed by atoms with Gasteiger partial charge in [0.25, 0.3) is 0 Å². The van der Waals surface area contributed by atoms with Gasteiger partial charge in [0.1, 0.15) is 0 Å². The molecule has 0 aliphatic heterocycles. The molecule has 0 aliphatic carbocycles. The number of aromatic amines is 1. The summed E-state index contributed by atoms with van der Waals surface area (Å²) in [5.74, 6) is 0. The second-order valence-electron chi connectivity index (χ2n) is 3.54. The summed E-state index contributed by atoms with van der Waals surface area (Å²) in [7, 11) is 0. The van der Waals surface area contributed by atoms with E-state index in [2.05, 4.69) is 9.97 Å². The molecule has 74 valence electrons. The Morgan fingerprint density at radius 1 is 1.07 bits per heavy atom. The van der Waals surface area contributed by atoms with Crippen LogP contribution in [-0.2, 0) is 0 Å². The molecule has 0 radical (unpaired) electrons. The molecule has 4 heteroatoms. The first-order valence-electron chi connectivity index (χ1n) is 4.67. The molecule has 0 saturated heterocycles. The van der Waals surface area contributed by atoms with Crippen molar-refractivity contribution < 1.29 is 0 Å². The molecular weight excluding hydrogens is 188 g/mol. The van der Waals surface area contributed by atoms with Crippen LogP contribution in [0.3, 0.4) is 0 Å². The van der Waals surface area contributed by atoms with Crippen LogP contribution < -0.4 is 11.5 Å². The third kappa shape index (κ3) is 0.985. The van der Waals surface area contributed by atoms with Crippen LogP contribution in [0.25, 0.3) is 21.8 Å². The highest BCUT2D eigenvalue weighted by Gasteiger charge is 2.08. The largest absolute Gasteiger partial charge is 0.397 e. The Morgan fingerprint density at radius 3 is 2.80 bits per heavy atom. The summed E-state index contributed by atoms with van der Waals surface area (Å²) < 4.78 is 0. The Balaban J connectivity index is 2.63. The van der Waals surface area contributed by atoms with Crippen LogP contribution in [0.5, 0.6) is 0 Å². The summed E-state index contributed by atoms with van der Waals surface area (Å²) in [5.41, 5.74) is 15.0. The van der Waals surface area contributed by atoms with Gasteiger partial charge in [0.05, 0.1) is 23.1 Å². The molecule has 0 bridgehead atoms. The highest BCUT2D eigenvalue weighted by atomic mass is 14.8. The van der Waals surface area contributed by atoms with E-state index in [1.165, 1.54) is 0 Å². The SMILES string of the molecule is Nc1ccc2[nH]c3cnccc3c2c1N. The van der Waals surface area contributed by atoms with Crippen molar-refractivity contribution in [3.8, 4) is 0 Å². The van der Waals surface area contributed by atoms with E-state index < -0.39 is 0 Å². The molecule has 0 fully saturated rings. The molecule has 0 saturated carbocycles.